The Kier molecular flexibility index (Phi) is 7.76. The second kappa shape index (κ2) is 10.5. The van der Waals surface area contributed by atoms with Crippen molar-refractivity contribution in [1.82, 2.24) is 4.98 Å². The third-order valence-electron chi connectivity index (χ3n) is 4.51. The number of aromatic nitrogens is 1. The molecule has 0 saturated carbocycles. The van der Waals surface area contributed by atoms with E-state index in [0.29, 0.717) is 5.92 Å². The van der Waals surface area contributed by atoms with Gasteiger partial charge in [0.15, 0.2) is 0 Å². The summed E-state index contributed by atoms with van der Waals surface area (Å²) >= 11 is 3.18. The van der Waals surface area contributed by atoms with Crippen LogP contribution >= 0.6 is 23.1 Å². The summed E-state index contributed by atoms with van der Waals surface area (Å²) in [7, 11) is 3.28. The van der Waals surface area contributed by atoms with E-state index < -0.39 is 0 Å². The van der Waals surface area contributed by atoms with Gasteiger partial charge in [-0.25, -0.2) is 4.98 Å². The molecule has 1 N–H and O–H groups in total. The fraction of sp³-hybridized carbons (Fsp3) is 0.304. The van der Waals surface area contributed by atoms with Crippen molar-refractivity contribution in [2.45, 2.75) is 36.3 Å². The van der Waals surface area contributed by atoms with Crippen LogP contribution in [0.3, 0.4) is 0 Å². The third-order valence-corrected chi connectivity index (χ3v) is 6.65. The van der Waals surface area contributed by atoms with Crippen LogP contribution in [-0.4, -0.2) is 25.1 Å². The molecule has 0 atom stereocenters. The van der Waals surface area contributed by atoms with E-state index in [9.17, 15) is 4.79 Å². The van der Waals surface area contributed by atoms with Crippen molar-refractivity contribution in [1.29, 1.82) is 0 Å². The van der Waals surface area contributed by atoms with Gasteiger partial charge >= 0.3 is 0 Å². The summed E-state index contributed by atoms with van der Waals surface area (Å²) in [6.07, 6.45) is 0.260. The number of thiazole rings is 1. The number of carbonyl (C=O) groups excluding carboxylic acids is 1. The summed E-state index contributed by atoms with van der Waals surface area (Å²) in [5.74, 6) is 2.69. The summed E-state index contributed by atoms with van der Waals surface area (Å²) in [6, 6.07) is 13.8. The molecule has 0 unspecified atom stereocenters. The van der Waals surface area contributed by atoms with Crippen molar-refractivity contribution in [3.8, 4) is 11.5 Å². The molecular weight excluding hydrogens is 416 g/mol. The molecule has 1 heterocycles. The zero-order valence-electron chi connectivity index (χ0n) is 17.6. The first-order valence-electron chi connectivity index (χ1n) is 9.65. The number of hydrogen-bond donors (Lipinski definition) is 1. The number of thioether (sulfide) groups is 1. The molecular formula is C23H26N2O3S2. The number of carbonyl (C=O) groups is 1. The van der Waals surface area contributed by atoms with Gasteiger partial charge in [0.25, 0.3) is 0 Å². The van der Waals surface area contributed by atoms with Crippen molar-refractivity contribution in [3.63, 3.8) is 0 Å². The van der Waals surface area contributed by atoms with E-state index in [1.165, 1.54) is 5.56 Å². The molecule has 0 fully saturated rings. The number of hydrogen-bond acceptors (Lipinski definition) is 6. The quantitative estimate of drug-likeness (QED) is 0.427. The van der Waals surface area contributed by atoms with Gasteiger partial charge in [0.05, 0.1) is 26.3 Å². The molecule has 5 nitrogen and oxygen atoms in total. The Labute approximate surface area is 185 Å². The van der Waals surface area contributed by atoms with E-state index in [4.69, 9.17) is 9.47 Å². The van der Waals surface area contributed by atoms with Gasteiger partial charge in [-0.2, -0.15) is 0 Å². The van der Waals surface area contributed by atoms with Crippen LogP contribution in [0, 0.1) is 0 Å². The second-order valence-electron chi connectivity index (χ2n) is 7.12. The lowest BCUT2D eigenvalue weighted by molar-refractivity contribution is -0.115. The maximum atomic E-state index is 12.3. The molecule has 0 radical (unpaired) electrons. The highest BCUT2D eigenvalue weighted by molar-refractivity contribution is 8.00. The molecule has 0 aliphatic rings. The van der Waals surface area contributed by atoms with Crippen molar-refractivity contribution < 1.29 is 14.3 Å². The molecule has 7 heteroatoms. The van der Waals surface area contributed by atoms with Crippen LogP contribution in [0.1, 0.15) is 36.6 Å². The number of rotatable bonds is 9. The van der Waals surface area contributed by atoms with E-state index in [1.54, 1.807) is 37.3 Å². The number of anilines is 1. The maximum absolute atomic E-state index is 12.3. The second-order valence-corrected chi connectivity index (χ2v) is 9.20. The number of ether oxygens (including phenoxy) is 2. The largest absolute Gasteiger partial charge is 0.497 e. The number of nitrogens with zero attached hydrogens (tertiary/aromatic N) is 1. The number of methoxy groups -OCH3 is 2. The Morgan fingerprint density at radius 3 is 2.37 bits per heavy atom. The standard InChI is InChI=1S/C23H26N2O3S2/c1-15(2)17-5-7-18(8-6-17)24-22(26)11-19-14-30-23(25-19)29-13-16-9-20(27-3)12-21(10-16)28-4/h5-10,12,14-15H,11,13H2,1-4H3,(H,24,26). The van der Waals surface area contributed by atoms with Gasteiger partial charge in [-0.05, 0) is 41.3 Å². The lowest BCUT2D eigenvalue weighted by Crippen LogP contribution is -2.14. The molecule has 0 aliphatic heterocycles. The van der Waals surface area contributed by atoms with Crippen molar-refractivity contribution in [3.05, 3.63) is 64.7 Å². The molecule has 3 rings (SSSR count). The summed E-state index contributed by atoms with van der Waals surface area (Å²) in [6.45, 7) is 4.30. The molecule has 0 bridgehead atoms. The molecule has 158 valence electrons. The first-order chi connectivity index (χ1) is 14.5. The van der Waals surface area contributed by atoms with Gasteiger partial charge in [-0.15, -0.1) is 11.3 Å². The van der Waals surface area contributed by atoms with E-state index in [-0.39, 0.29) is 12.3 Å². The molecule has 30 heavy (non-hydrogen) atoms. The minimum Gasteiger partial charge on any atom is -0.497 e. The Morgan fingerprint density at radius 2 is 1.77 bits per heavy atom. The Morgan fingerprint density at radius 1 is 1.10 bits per heavy atom. The van der Waals surface area contributed by atoms with Gasteiger partial charge < -0.3 is 14.8 Å². The predicted molar refractivity (Wildman–Crippen MR) is 124 cm³/mol. The van der Waals surface area contributed by atoms with Crippen LogP contribution < -0.4 is 14.8 Å². The minimum absolute atomic E-state index is 0.0633. The Bertz CT molecular complexity index is 962. The zero-order valence-corrected chi connectivity index (χ0v) is 19.2. The number of amides is 1. The van der Waals surface area contributed by atoms with Gasteiger partial charge in [0.2, 0.25) is 5.91 Å². The SMILES string of the molecule is COc1cc(CSc2nc(CC(=O)Nc3ccc(C(C)C)cc3)cs2)cc(OC)c1. The highest BCUT2D eigenvalue weighted by Crippen LogP contribution is 2.30. The van der Waals surface area contributed by atoms with Crippen LogP contribution in [0.25, 0.3) is 0 Å². The maximum Gasteiger partial charge on any atom is 0.230 e. The lowest BCUT2D eigenvalue weighted by atomic mass is 10.0. The van der Waals surface area contributed by atoms with Crippen molar-refractivity contribution >= 4 is 34.7 Å². The first-order valence-corrected chi connectivity index (χ1v) is 11.5. The van der Waals surface area contributed by atoms with Gasteiger partial charge in [-0.3, -0.25) is 4.79 Å². The van der Waals surface area contributed by atoms with E-state index in [0.717, 1.165) is 38.5 Å². The average Bonchev–Trinajstić information content (AvgIpc) is 3.19. The summed E-state index contributed by atoms with van der Waals surface area (Å²) < 4.78 is 11.6. The van der Waals surface area contributed by atoms with E-state index in [1.807, 2.05) is 47.8 Å². The monoisotopic (exact) mass is 442 g/mol. The smallest absolute Gasteiger partial charge is 0.230 e. The molecule has 0 aliphatic carbocycles. The van der Waals surface area contributed by atoms with Gasteiger partial charge in [0.1, 0.15) is 15.8 Å². The van der Waals surface area contributed by atoms with Crippen molar-refractivity contribution in [2.24, 2.45) is 0 Å². The van der Waals surface area contributed by atoms with Crippen LogP contribution in [0.4, 0.5) is 5.69 Å². The highest BCUT2D eigenvalue weighted by Gasteiger charge is 2.10. The topological polar surface area (TPSA) is 60.5 Å². The minimum atomic E-state index is -0.0633. The zero-order chi connectivity index (χ0) is 21.5. The molecule has 1 aromatic heterocycles. The van der Waals surface area contributed by atoms with Gasteiger partial charge in [0, 0.05) is 22.9 Å². The molecule has 3 aromatic rings. The third kappa shape index (κ3) is 6.24. The number of nitrogens with one attached hydrogen (secondary N) is 1. The summed E-state index contributed by atoms with van der Waals surface area (Å²) in [5, 5.41) is 4.88. The fourth-order valence-electron chi connectivity index (χ4n) is 2.85. The molecule has 0 spiro atoms. The lowest BCUT2D eigenvalue weighted by Gasteiger charge is -2.08. The van der Waals surface area contributed by atoms with Crippen LogP contribution in [0.2, 0.25) is 0 Å². The number of benzene rings is 2. The first kappa shape index (κ1) is 22.2. The predicted octanol–water partition coefficient (Wildman–Crippen LogP) is 5.76. The molecule has 1 amide bonds. The van der Waals surface area contributed by atoms with Crippen LogP contribution in [0.5, 0.6) is 11.5 Å². The van der Waals surface area contributed by atoms with Gasteiger partial charge in [-0.1, -0.05) is 37.7 Å². The van der Waals surface area contributed by atoms with E-state index >= 15 is 0 Å². The average molecular weight is 443 g/mol. The Balaban J connectivity index is 1.54. The fourth-order valence-corrected chi connectivity index (χ4v) is 4.63. The summed E-state index contributed by atoms with van der Waals surface area (Å²) in [5.41, 5.74) is 3.93. The van der Waals surface area contributed by atoms with Crippen LogP contribution in [0.15, 0.2) is 52.2 Å². The van der Waals surface area contributed by atoms with Crippen LogP contribution in [-0.2, 0) is 17.0 Å². The summed E-state index contributed by atoms with van der Waals surface area (Å²) in [4.78, 5) is 16.9. The Hall–Kier alpha value is -2.51. The normalized spacial score (nSPS) is 10.8. The highest BCUT2D eigenvalue weighted by atomic mass is 32.2. The molecule has 2 aromatic carbocycles. The molecule has 0 saturated heterocycles. The van der Waals surface area contributed by atoms with Crippen molar-refractivity contribution in [2.75, 3.05) is 19.5 Å². The van der Waals surface area contributed by atoms with E-state index in [2.05, 4.69) is 24.1 Å².